The molecule has 0 saturated carbocycles. The Balaban J connectivity index is 2.15. The highest BCUT2D eigenvalue weighted by Gasteiger charge is 2.39. The summed E-state index contributed by atoms with van der Waals surface area (Å²) in [6.07, 6.45) is -0.324. The highest BCUT2D eigenvalue weighted by atomic mass is 19.1. The van der Waals surface area contributed by atoms with Crippen molar-refractivity contribution in [2.45, 2.75) is 18.8 Å². The van der Waals surface area contributed by atoms with Crippen LogP contribution < -0.4 is 0 Å². The largest absolute Gasteiger partial charge is 0.481 e. The molecule has 1 fully saturated rings. The zero-order chi connectivity index (χ0) is 14.0. The van der Waals surface area contributed by atoms with Gasteiger partial charge in [-0.15, -0.1) is 0 Å². The number of rotatable bonds is 4. The smallest absolute Gasteiger partial charge is 0.305 e. The van der Waals surface area contributed by atoms with Gasteiger partial charge in [-0.05, 0) is 17.7 Å². The van der Waals surface area contributed by atoms with E-state index in [1.54, 1.807) is 6.07 Å². The molecule has 100 valence electrons. The molecule has 0 aliphatic carbocycles. The quantitative estimate of drug-likeness (QED) is 0.828. The number of likely N-dealkylation sites (tertiary alicyclic amines) is 1. The number of hydrogen-bond acceptors (Lipinski definition) is 3. The first-order valence-corrected chi connectivity index (χ1v) is 5.80. The number of aliphatic carboxylic acids is 1. The second kappa shape index (κ2) is 5.17. The molecule has 2 rings (SSSR count). The molecule has 5 nitrogen and oxygen atoms in total. The number of imide groups is 1. The van der Waals surface area contributed by atoms with Crippen LogP contribution in [-0.4, -0.2) is 34.3 Å². The first-order valence-electron chi connectivity index (χ1n) is 5.80. The number of amides is 2. The van der Waals surface area contributed by atoms with Crippen LogP contribution in [0.4, 0.5) is 4.39 Å². The molecule has 1 aromatic rings. The molecule has 1 heterocycles. The minimum Gasteiger partial charge on any atom is -0.481 e. The lowest BCUT2D eigenvalue weighted by atomic mass is 9.97. The van der Waals surface area contributed by atoms with E-state index in [1.165, 1.54) is 18.2 Å². The number of hydrogen-bond donors (Lipinski definition) is 1. The van der Waals surface area contributed by atoms with E-state index in [9.17, 15) is 18.8 Å². The van der Waals surface area contributed by atoms with Gasteiger partial charge in [0.25, 0.3) is 0 Å². The van der Waals surface area contributed by atoms with Crippen LogP contribution in [0, 0.1) is 5.82 Å². The first-order chi connectivity index (χ1) is 8.99. The van der Waals surface area contributed by atoms with E-state index in [0.29, 0.717) is 5.56 Å². The monoisotopic (exact) mass is 265 g/mol. The molecule has 0 radical (unpaired) electrons. The van der Waals surface area contributed by atoms with Gasteiger partial charge in [0.15, 0.2) is 0 Å². The van der Waals surface area contributed by atoms with Gasteiger partial charge < -0.3 is 5.11 Å². The number of carboxylic acids is 1. The summed E-state index contributed by atoms with van der Waals surface area (Å²) in [4.78, 5) is 35.1. The van der Waals surface area contributed by atoms with Crippen molar-refractivity contribution in [2.75, 3.05) is 6.54 Å². The highest BCUT2D eigenvalue weighted by Crippen LogP contribution is 2.29. The van der Waals surface area contributed by atoms with Gasteiger partial charge >= 0.3 is 5.97 Å². The maximum atomic E-state index is 13.1. The van der Waals surface area contributed by atoms with E-state index in [1.807, 2.05) is 0 Å². The summed E-state index contributed by atoms with van der Waals surface area (Å²) in [5, 5.41) is 8.57. The molecule has 1 aliphatic heterocycles. The predicted octanol–water partition coefficient (Wildman–Crippen LogP) is 1.14. The summed E-state index contributed by atoms with van der Waals surface area (Å²) in [6.45, 7) is -0.140. The summed E-state index contributed by atoms with van der Waals surface area (Å²) < 4.78 is 13.1. The van der Waals surface area contributed by atoms with Crippen LogP contribution in [0.5, 0.6) is 0 Å². The van der Waals surface area contributed by atoms with Crippen molar-refractivity contribution in [1.82, 2.24) is 4.90 Å². The van der Waals surface area contributed by atoms with Crippen molar-refractivity contribution in [3.8, 4) is 0 Å². The predicted molar refractivity (Wildman–Crippen MR) is 62.7 cm³/mol. The average Bonchev–Trinajstić information content (AvgIpc) is 2.62. The Kier molecular flexibility index (Phi) is 3.59. The van der Waals surface area contributed by atoms with Gasteiger partial charge in [-0.1, -0.05) is 12.1 Å². The van der Waals surface area contributed by atoms with E-state index in [2.05, 4.69) is 0 Å². The molecule has 1 aliphatic rings. The Labute approximate surface area is 108 Å². The fourth-order valence-corrected chi connectivity index (χ4v) is 2.11. The molecular formula is C13H12FNO4. The maximum Gasteiger partial charge on any atom is 0.305 e. The number of nitrogens with zero attached hydrogens (tertiary/aromatic N) is 1. The fourth-order valence-electron chi connectivity index (χ4n) is 2.11. The molecule has 1 atom stereocenters. The van der Waals surface area contributed by atoms with Crippen LogP contribution in [0.15, 0.2) is 24.3 Å². The van der Waals surface area contributed by atoms with Crippen molar-refractivity contribution >= 4 is 17.8 Å². The number of carbonyl (C=O) groups excluding carboxylic acids is 2. The van der Waals surface area contributed by atoms with Gasteiger partial charge in [0.2, 0.25) is 11.8 Å². The zero-order valence-corrected chi connectivity index (χ0v) is 10.0. The Hall–Kier alpha value is -2.24. The number of carbonyl (C=O) groups is 3. The Morgan fingerprint density at radius 2 is 2.16 bits per heavy atom. The highest BCUT2D eigenvalue weighted by molar-refractivity contribution is 6.06. The number of carboxylic acid groups (broad SMARTS) is 1. The summed E-state index contributed by atoms with van der Waals surface area (Å²) in [7, 11) is 0. The number of benzene rings is 1. The lowest BCUT2D eigenvalue weighted by Crippen LogP contribution is -2.32. The molecule has 0 bridgehead atoms. The molecule has 2 amide bonds. The van der Waals surface area contributed by atoms with Crippen molar-refractivity contribution in [1.29, 1.82) is 0 Å². The third-order valence-electron chi connectivity index (χ3n) is 3.04. The van der Waals surface area contributed by atoms with Crippen molar-refractivity contribution in [2.24, 2.45) is 0 Å². The standard InChI is InChI=1S/C13H12FNO4/c14-9-3-1-2-8(6-9)10-7-11(16)15(13(10)19)5-4-12(17)18/h1-3,6,10H,4-5,7H2,(H,17,18). The SMILES string of the molecule is O=C(O)CCN1C(=O)CC(c2cccc(F)c2)C1=O. The summed E-state index contributed by atoms with van der Waals surface area (Å²) in [5.41, 5.74) is 0.441. The minimum absolute atomic E-state index is 0.0398. The van der Waals surface area contributed by atoms with Gasteiger partial charge in [-0.2, -0.15) is 0 Å². The maximum absolute atomic E-state index is 13.1. The summed E-state index contributed by atoms with van der Waals surface area (Å²) in [6, 6.07) is 5.53. The van der Waals surface area contributed by atoms with E-state index < -0.39 is 29.5 Å². The van der Waals surface area contributed by atoms with Gasteiger partial charge in [-0.25, -0.2) is 4.39 Å². The van der Waals surface area contributed by atoms with Crippen LogP contribution in [0.2, 0.25) is 0 Å². The normalized spacial score (nSPS) is 19.0. The van der Waals surface area contributed by atoms with Gasteiger partial charge in [0.05, 0.1) is 12.3 Å². The van der Waals surface area contributed by atoms with Crippen LogP contribution in [0.3, 0.4) is 0 Å². The molecule has 1 N–H and O–H groups in total. The average molecular weight is 265 g/mol. The van der Waals surface area contributed by atoms with E-state index >= 15 is 0 Å². The van der Waals surface area contributed by atoms with Crippen LogP contribution in [0.25, 0.3) is 0 Å². The zero-order valence-electron chi connectivity index (χ0n) is 10.0. The summed E-state index contributed by atoms with van der Waals surface area (Å²) in [5.74, 6) is -3.13. The van der Waals surface area contributed by atoms with Crippen molar-refractivity contribution in [3.05, 3.63) is 35.6 Å². The molecule has 1 unspecified atom stereocenters. The second-order valence-corrected chi connectivity index (χ2v) is 4.34. The van der Waals surface area contributed by atoms with Crippen LogP contribution >= 0.6 is 0 Å². The lowest BCUT2D eigenvalue weighted by molar-refractivity contribution is -0.141. The van der Waals surface area contributed by atoms with Crippen LogP contribution in [0.1, 0.15) is 24.3 Å². The van der Waals surface area contributed by atoms with Crippen LogP contribution in [-0.2, 0) is 14.4 Å². The Bertz CT molecular complexity index is 543. The molecule has 0 spiro atoms. The van der Waals surface area contributed by atoms with Gasteiger partial charge in [-0.3, -0.25) is 19.3 Å². The van der Waals surface area contributed by atoms with Gasteiger partial charge in [0, 0.05) is 13.0 Å². The lowest BCUT2D eigenvalue weighted by Gasteiger charge is -2.13. The van der Waals surface area contributed by atoms with E-state index in [0.717, 1.165) is 4.90 Å². The third-order valence-corrected chi connectivity index (χ3v) is 3.04. The van der Waals surface area contributed by atoms with Gasteiger partial charge in [0.1, 0.15) is 5.82 Å². The molecular weight excluding hydrogens is 253 g/mol. The minimum atomic E-state index is -1.07. The molecule has 1 aromatic carbocycles. The fraction of sp³-hybridized carbons (Fsp3) is 0.308. The van der Waals surface area contributed by atoms with Crippen molar-refractivity contribution < 1.29 is 23.9 Å². The number of halogens is 1. The Morgan fingerprint density at radius 3 is 2.79 bits per heavy atom. The molecule has 1 saturated heterocycles. The third kappa shape index (κ3) is 2.78. The summed E-state index contributed by atoms with van der Waals surface area (Å²) >= 11 is 0. The topological polar surface area (TPSA) is 74.7 Å². The first kappa shape index (κ1) is 13.2. The molecule has 0 aromatic heterocycles. The van der Waals surface area contributed by atoms with E-state index in [-0.39, 0.29) is 19.4 Å². The second-order valence-electron chi connectivity index (χ2n) is 4.34. The van der Waals surface area contributed by atoms with Crippen molar-refractivity contribution in [3.63, 3.8) is 0 Å². The Morgan fingerprint density at radius 1 is 1.42 bits per heavy atom. The van der Waals surface area contributed by atoms with E-state index in [4.69, 9.17) is 5.11 Å². The molecule has 6 heteroatoms. The molecule has 19 heavy (non-hydrogen) atoms.